The Morgan fingerprint density at radius 3 is 2.81 bits per heavy atom. The van der Waals surface area contributed by atoms with Gasteiger partial charge in [-0.2, -0.15) is 0 Å². The molecule has 4 nitrogen and oxygen atoms in total. The van der Waals surface area contributed by atoms with Crippen LogP contribution in [0.5, 0.6) is 0 Å². The molecule has 1 aliphatic carbocycles. The fourth-order valence-electron chi connectivity index (χ4n) is 3.19. The Kier molecular flexibility index (Phi) is 3.78. The van der Waals surface area contributed by atoms with Crippen molar-refractivity contribution in [3.8, 4) is 0 Å². The molecule has 0 bridgehead atoms. The summed E-state index contributed by atoms with van der Waals surface area (Å²) in [6, 6.07) is 9.67. The fraction of sp³-hybridized carbons (Fsp3) is 0.412. The van der Waals surface area contributed by atoms with Gasteiger partial charge in [-0.3, -0.25) is 9.59 Å². The summed E-state index contributed by atoms with van der Waals surface area (Å²) in [7, 11) is 0. The second-order valence-electron chi connectivity index (χ2n) is 5.29. The molecule has 1 aliphatic heterocycles. The van der Waals surface area contributed by atoms with Crippen molar-refractivity contribution in [3.63, 3.8) is 0 Å². The summed E-state index contributed by atoms with van der Waals surface area (Å²) in [6.07, 6.45) is 1.68. The molecule has 0 saturated heterocycles. The van der Waals surface area contributed by atoms with Crippen LogP contribution in [0.25, 0.3) is 0 Å². The lowest BCUT2D eigenvalue weighted by molar-refractivity contribution is -0.151. The van der Waals surface area contributed by atoms with Crippen LogP contribution in [-0.2, 0) is 19.1 Å². The van der Waals surface area contributed by atoms with E-state index in [1.54, 1.807) is 6.92 Å². The molecule has 21 heavy (non-hydrogen) atoms. The third-order valence-corrected chi connectivity index (χ3v) is 4.04. The third kappa shape index (κ3) is 2.35. The topological polar surface area (TPSA) is 52.6 Å². The highest BCUT2D eigenvalue weighted by Gasteiger charge is 2.49. The zero-order valence-electron chi connectivity index (χ0n) is 12.0. The van der Waals surface area contributed by atoms with Gasteiger partial charge in [0, 0.05) is 5.92 Å². The number of ether oxygens (including phenoxy) is 2. The van der Waals surface area contributed by atoms with Crippen LogP contribution >= 0.6 is 0 Å². The number of esters is 1. The standard InChI is InChI=1S/C17H18O4/c1-2-20-17(19)14-13(11-7-4-3-5-8-11)12-9-6-10-21-16(12)15(14)18/h3-5,7-8,13-14H,2,6,9-10H2,1H3/t13-,14+/m1/s1. The van der Waals surface area contributed by atoms with Gasteiger partial charge in [-0.15, -0.1) is 0 Å². The summed E-state index contributed by atoms with van der Waals surface area (Å²) in [5, 5.41) is 0. The van der Waals surface area contributed by atoms with Gasteiger partial charge in [-0.1, -0.05) is 30.3 Å². The fourth-order valence-corrected chi connectivity index (χ4v) is 3.19. The molecule has 4 heteroatoms. The van der Waals surface area contributed by atoms with E-state index in [0.717, 1.165) is 24.0 Å². The van der Waals surface area contributed by atoms with Gasteiger partial charge >= 0.3 is 5.97 Å². The van der Waals surface area contributed by atoms with Crippen molar-refractivity contribution < 1.29 is 19.1 Å². The first-order valence-electron chi connectivity index (χ1n) is 7.35. The lowest BCUT2D eigenvalue weighted by Gasteiger charge is -2.21. The zero-order valence-corrected chi connectivity index (χ0v) is 12.0. The number of hydrogen-bond donors (Lipinski definition) is 0. The number of allylic oxidation sites excluding steroid dienone is 2. The molecule has 0 N–H and O–H groups in total. The van der Waals surface area contributed by atoms with Crippen LogP contribution in [0.1, 0.15) is 31.2 Å². The molecule has 0 aromatic heterocycles. The zero-order chi connectivity index (χ0) is 14.8. The molecule has 3 rings (SSSR count). The molecule has 2 atom stereocenters. The minimum absolute atomic E-state index is 0.225. The van der Waals surface area contributed by atoms with E-state index in [9.17, 15) is 9.59 Å². The Bertz CT molecular complexity index is 588. The summed E-state index contributed by atoms with van der Waals surface area (Å²) in [5.74, 6) is -1.32. The molecular formula is C17H18O4. The number of ketones is 1. The number of benzene rings is 1. The van der Waals surface area contributed by atoms with E-state index < -0.39 is 11.9 Å². The predicted octanol–water partition coefficient (Wildman–Crippen LogP) is 2.60. The van der Waals surface area contributed by atoms with Crippen LogP contribution in [0.15, 0.2) is 41.7 Å². The van der Waals surface area contributed by atoms with Crippen LogP contribution in [0.2, 0.25) is 0 Å². The van der Waals surface area contributed by atoms with Crippen molar-refractivity contribution in [2.24, 2.45) is 5.92 Å². The molecule has 1 aromatic carbocycles. The minimum Gasteiger partial charge on any atom is -0.490 e. The van der Waals surface area contributed by atoms with E-state index in [2.05, 4.69) is 0 Å². The van der Waals surface area contributed by atoms with Crippen molar-refractivity contribution >= 4 is 11.8 Å². The second kappa shape index (κ2) is 5.72. The maximum absolute atomic E-state index is 12.6. The van der Waals surface area contributed by atoms with E-state index in [0.29, 0.717) is 12.4 Å². The third-order valence-electron chi connectivity index (χ3n) is 4.04. The predicted molar refractivity (Wildman–Crippen MR) is 76.5 cm³/mol. The van der Waals surface area contributed by atoms with Crippen molar-refractivity contribution in [2.45, 2.75) is 25.7 Å². The minimum atomic E-state index is -0.796. The number of hydrogen-bond acceptors (Lipinski definition) is 4. The first-order valence-corrected chi connectivity index (χ1v) is 7.35. The maximum Gasteiger partial charge on any atom is 0.317 e. The van der Waals surface area contributed by atoms with E-state index in [4.69, 9.17) is 9.47 Å². The van der Waals surface area contributed by atoms with E-state index >= 15 is 0 Å². The second-order valence-corrected chi connectivity index (χ2v) is 5.29. The molecule has 1 heterocycles. The van der Waals surface area contributed by atoms with Crippen molar-refractivity contribution in [2.75, 3.05) is 13.2 Å². The van der Waals surface area contributed by atoms with E-state index in [-0.39, 0.29) is 18.3 Å². The number of rotatable bonds is 3. The van der Waals surface area contributed by atoms with Gasteiger partial charge in [0.15, 0.2) is 5.76 Å². The monoisotopic (exact) mass is 286 g/mol. The molecule has 2 aliphatic rings. The molecule has 0 saturated carbocycles. The van der Waals surface area contributed by atoms with E-state index in [1.165, 1.54) is 0 Å². The Balaban J connectivity index is 2.03. The summed E-state index contributed by atoms with van der Waals surface area (Å²) >= 11 is 0. The van der Waals surface area contributed by atoms with Gasteiger partial charge in [0.05, 0.1) is 13.2 Å². The van der Waals surface area contributed by atoms with Crippen LogP contribution in [0.4, 0.5) is 0 Å². The Morgan fingerprint density at radius 1 is 1.33 bits per heavy atom. The Labute approximate surface area is 123 Å². The molecule has 0 amide bonds. The highest BCUT2D eigenvalue weighted by atomic mass is 16.5. The van der Waals surface area contributed by atoms with Crippen LogP contribution in [0.3, 0.4) is 0 Å². The molecule has 0 fully saturated rings. The summed E-state index contributed by atoms with van der Waals surface area (Å²) in [5.41, 5.74) is 1.93. The summed E-state index contributed by atoms with van der Waals surface area (Å²) in [6.45, 7) is 2.57. The number of Topliss-reactive ketones (excluding diaryl/α,β-unsaturated/α-hetero) is 1. The van der Waals surface area contributed by atoms with Crippen molar-refractivity contribution in [1.29, 1.82) is 0 Å². The van der Waals surface area contributed by atoms with Crippen molar-refractivity contribution in [1.82, 2.24) is 0 Å². The molecule has 0 spiro atoms. The van der Waals surface area contributed by atoms with Gasteiger partial charge in [-0.25, -0.2) is 0 Å². The average molecular weight is 286 g/mol. The Hall–Kier alpha value is -2.10. The smallest absolute Gasteiger partial charge is 0.317 e. The van der Waals surface area contributed by atoms with Crippen LogP contribution in [-0.4, -0.2) is 25.0 Å². The molecule has 0 unspecified atom stereocenters. The number of carbonyl (C=O) groups excluding carboxylic acids is 2. The van der Waals surface area contributed by atoms with Gasteiger partial charge < -0.3 is 9.47 Å². The normalized spacial score (nSPS) is 24.5. The largest absolute Gasteiger partial charge is 0.490 e. The molecular weight excluding hydrogens is 268 g/mol. The lowest BCUT2D eigenvalue weighted by Crippen LogP contribution is -2.28. The first-order chi connectivity index (χ1) is 10.2. The van der Waals surface area contributed by atoms with Crippen LogP contribution in [0, 0.1) is 5.92 Å². The average Bonchev–Trinajstić information content (AvgIpc) is 2.82. The highest BCUT2D eigenvalue weighted by molar-refractivity contribution is 6.11. The van der Waals surface area contributed by atoms with Crippen molar-refractivity contribution in [3.05, 3.63) is 47.2 Å². The lowest BCUT2D eigenvalue weighted by atomic mass is 9.83. The molecule has 0 radical (unpaired) electrons. The van der Waals surface area contributed by atoms with Gasteiger partial charge in [-0.05, 0) is 30.9 Å². The SMILES string of the molecule is CCOC(=O)[C@@H]1C(=O)C2=C(CCCO2)[C@H]1c1ccccc1. The first kappa shape index (κ1) is 13.9. The van der Waals surface area contributed by atoms with Crippen LogP contribution < -0.4 is 0 Å². The Morgan fingerprint density at radius 2 is 2.10 bits per heavy atom. The highest BCUT2D eigenvalue weighted by Crippen LogP contribution is 2.46. The quantitative estimate of drug-likeness (QED) is 0.633. The molecule has 1 aromatic rings. The van der Waals surface area contributed by atoms with Gasteiger partial charge in [0.2, 0.25) is 5.78 Å². The number of carbonyl (C=O) groups is 2. The maximum atomic E-state index is 12.6. The summed E-state index contributed by atoms with van der Waals surface area (Å²) < 4.78 is 10.7. The van der Waals surface area contributed by atoms with Gasteiger partial charge in [0.25, 0.3) is 0 Å². The summed E-state index contributed by atoms with van der Waals surface area (Å²) in [4.78, 5) is 24.8. The molecule has 110 valence electrons. The van der Waals surface area contributed by atoms with E-state index in [1.807, 2.05) is 30.3 Å². The van der Waals surface area contributed by atoms with Gasteiger partial charge in [0.1, 0.15) is 5.92 Å².